The summed E-state index contributed by atoms with van der Waals surface area (Å²) in [6.07, 6.45) is 4.22. The Morgan fingerprint density at radius 2 is 2.18 bits per heavy atom. The predicted octanol–water partition coefficient (Wildman–Crippen LogP) is 1.01. The molecule has 4 heteroatoms. The Morgan fingerprint density at radius 3 is 2.76 bits per heavy atom. The molecule has 1 unspecified atom stereocenters. The van der Waals surface area contributed by atoms with Crippen molar-refractivity contribution >= 4 is 5.91 Å². The summed E-state index contributed by atoms with van der Waals surface area (Å²) in [5.41, 5.74) is -0.554. The third kappa shape index (κ3) is 2.99. The van der Waals surface area contributed by atoms with Gasteiger partial charge in [0.15, 0.2) is 0 Å². The Morgan fingerprint density at radius 1 is 1.47 bits per heavy atom. The number of hydrogen-bond donors (Lipinski definition) is 1. The van der Waals surface area contributed by atoms with Crippen molar-refractivity contribution in [1.29, 1.82) is 0 Å². The molecule has 0 spiro atoms. The first-order chi connectivity index (χ1) is 8.12. The molecule has 2 fully saturated rings. The number of carbonyl (C=O) groups excluding carboxylic acids is 1. The summed E-state index contributed by atoms with van der Waals surface area (Å²) in [4.78, 5) is 14.2. The van der Waals surface area contributed by atoms with Crippen LogP contribution in [0.1, 0.15) is 32.6 Å². The maximum Gasteiger partial charge on any atom is 0.254 e. The van der Waals surface area contributed by atoms with Crippen LogP contribution in [-0.4, -0.2) is 49.7 Å². The zero-order valence-corrected chi connectivity index (χ0v) is 11.0. The van der Waals surface area contributed by atoms with Gasteiger partial charge in [-0.05, 0) is 51.6 Å². The molecule has 0 radical (unpaired) electrons. The average molecular weight is 240 g/mol. The molecule has 1 N–H and O–H groups in total. The van der Waals surface area contributed by atoms with Crippen molar-refractivity contribution in [2.24, 2.45) is 5.92 Å². The first-order valence-corrected chi connectivity index (χ1v) is 6.72. The van der Waals surface area contributed by atoms with E-state index in [-0.39, 0.29) is 5.91 Å². The number of amides is 1. The van der Waals surface area contributed by atoms with E-state index in [0.29, 0.717) is 5.92 Å². The van der Waals surface area contributed by atoms with Crippen LogP contribution in [-0.2, 0) is 9.53 Å². The van der Waals surface area contributed by atoms with Gasteiger partial charge in [-0.2, -0.15) is 0 Å². The molecule has 1 atom stereocenters. The fourth-order valence-electron chi connectivity index (χ4n) is 2.89. The molecule has 2 rings (SSSR count). The van der Waals surface area contributed by atoms with Crippen molar-refractivity contribution in [3.05, 3.63) is 0 Å². The van der Waals surface area contributed by atoms with E-state index in [1.807, 2.05) is 18.9 Å². The van der Waals surface area contributed by atoms with Gasteiger partial charge >= 0.3 is 0 Å². The van der Waals surface area contributed by atoms with E-state index in [2.05, 4.69) is 5.32 Å². The number of likely N-dealkylation sites (N-methyl/N-ethyl adjacent to an activating group) is 1. The van der Waals surface area contributed by atoms with Gasteiger partial charge in [-0.3, -0.25) is 4.79 Å². The zero-order chi connectivity index (χ0) is 12.3. The van der Waals surface area contributed by atoms with Crippen molar-refractivity contribution in [2.45, 2.75) is 38.2 Å². The Labute approximate surface area is 104 Å². The average Bonchev–Trinajstić information content (AvgIpc) is 2.78. The molecule has 0 aromatic heterocycles. The lowest BCUT2D eigenvalue weighted by atomic mass is 9.96. The molecule has 0 bridgehead atoms. The minimum atomic E-state index is -0.554. The maximum absolute atomic E-state index is 12.3. The van der Waals surface area contributed by atoms with E-state index in [9.17, 15) is 4.79 Å². The Kier molecular flexibility index (Phi) is 4.05. The van der Waals surface area contributed by atoms with Crippen LogP contribution in [0, 0.1) is 5.92 Å². The summed E-state index contributed by atoms with van der Waals surface area (Å²) in [5, 5.41) is 3.35. The van der Waals surface area contributed by atoms with Crippen LogP contribution in [0.2, 0.25) is 0 Å². The van der Waals surface area contributed by atoms with Crippen LogP contribution >= 0.6 is 0 Å². The van der Waals surface area contributed by atoms with E-state index in [1.54, 1.807) is 0 Å². The quantitative estimate of drug-likeness (QED) is 0.800. The first-order valence-electron chi connectivity index (χ1n) is 6.72. The van der Waals surface area contributed by atoms with E-state index in [4.69, 9.17) is 4.74 Å². The lowest BCUT2D eigenvalue weighted by Crippen LogP contribution is -2.47. The zero-order valence-electron chi connectivity index (χ0n) is 11.0. The summed E-state index contributed by atoms with van der Waals surface area (Å²) < 4.78 is 5.61. The highest BCUT2D eigenvalue weighted by Gasteiger charge is 2.39. The van der Waals surface area contributed by atoms with Gasteiger partial charge in [-0.1, -0.05) is 0 Å². The summed E-state index contributed by atoms with van der Waals surface area (Å²) in [5.74, 6) is 0.809. The second kappa shape index (κ2) is 5.36. The van der Waals surface area contributed by atoms with Crippen LogP contribution in [0.15, 0.2) is 0 Å². The highest BCUT2D eigenvalue weighted by Crippen LogP contribution is 2.27. The van der Waals surface area contributed by atoms with E-state index >= 15 is 0 Å². The van der Waals surface area contributed by atoms with Gasteiger partial charge in [0.05, 0.1) is 0 Å². The van der Waals surface area contributed by atoms with Crippen molar-refractivity contribution < 1.29 is 9.53 Å². The molecule has 98 valence electrons. The lowest BCUT2D eigenvalue weighted by molar-refractivity contribution is -0.150. The van der Waals surface area contributed by atoms with Crippen LogP contribution in [0.5, 0.6) is 0 Å². The molecule has 4 nitrogen and oxygen atoms in total. The molecule has 1 amide bonds. The molecule has 2 aliphatic heterocycles. The number of hydrogen-bond acceptors (Lipinski definition) is 3. The molecular weight excluding hydrogens is 216 g/mol. The second-order valence-electron chi connectivity index (χ2n) is 5.56. The summed E-state index contributed by atoms with van der Waals surface area (Å²) in [6.45, 7) is 5.70. The van der Waals surface area contributed by atoms with Crippen LogP contribution in [0.3, 0.4) is 0 Å². The van der Waals surface area contributed by atoms with Crippen molar-refractivity contribution in [3.63, 3.8) is 0 Å². The standard InChI is InChI=1S/C13H24N2O2/c1-13(6-3-9-17-13)12(16)15(2)10-11-4-7-14-8-5-11/h11,14H,3-10H2,1-2H3. The van der Waals surface area contributed by atoms with Crippen LogP contribution in [0.25, 0.3) is 0 Å². The number of piperidine rings is 1. The van der Waals surface area contributed by atoms with Crippen molar-refractivity contribution in [2.75, 3.05) is 33.3 Å². The van der Waals surface area contributed by atoms with Gasteiger partial charge in [-0.25, -0.2) is 0 Å². The highest BCUT2D eigenvalue weighted by atomic mass is 16.5. The van der Waals surface area contributed by atoms with Gasteiger partial charge < -0.3 is 15.0 Å². The number of nitrogens with zero attached hydrogens (tertiary/aromatic N) is 1. The molecule has 0 aromatic carbocycles. The van der Waals surface area contributed by atoms with E-state index < -0.39 is 5.60 Å². The molecule has 0 aliphatic carbocycles. The first kappa shape index (κ1) is 12.8. The van der Waals surface area contributed by atoms with Gasteiger partial charge in [0.2, 0.25) is 0 Å². The molecule has 17 heavy (non-hydrogen) atoms. The minimum absolute atomic E-state index is 0.161. The third-order valence-electron chi connectivity index (χ3n) is 4.01. The van der Waals surface area contributed by atoms with Gasteiger partial charge in [0, 0.05) is 20.2 Å². The Bertz CT molecular complexity index is 269. The topological polar surface area (TPSA) is 41.6 Å². The Balaban J connectivity index is 1.85. The minimum Gasteiger partial charge on any atom is -0.365 e. The maximum atomic E-state index is 12.3. The number of rotatable bonds is 3. The molecule has 2 heterocycles. The molecule has 0 aromatic rings. The molecule has 2 saturated heterocycles. The summed E-state index contributed by atoms with van der Waals surface area (Å²) in [6, 6.07) is 0. The number of carbonyl (C=O) groups is 1. The second-order valence-corrected chi connectivity index (χ2v) is 5.56. The van der Waals surface area contributed by atoms with Crippen molar-refractivity contribution in [1.82, 2.24) is 10.2 Å². The molecule has 2 aliphatic rings. The predicted molar refractivity (Wildman–Crippen MR) is 66.8 cm³/mol. The number of nitrogens with one attached hydrogen (secondary N) is 1. The van der Waals surface area contributed by atoms with Crippen molar-refractivity contribution in [3.8, 4) is 0 Å². The molecule has 0 saturated carbocycles. The summed E-state index contributed by atoms with van der Waals surface area (Å²) in [7, 11) is 1.91. The van der Waals surface area contributed by atoms with E-state index in [0.717, 1.165) is 39.1 Å². The van der Waals surface area contributed by atoms with Gasteiger partial charge in [0.1, 0.15) is 5.60 Å². The SMILES string of the molecule is CN(CC1CCNCC1)C(=O)C1(C)CCCO1. The smallest absolute Gasteiger partial charge is 0.254 e. The van der Waals surface area contributed by atoms with Crippen LogP contribution < -0.4 is 5.32 Å². The fourth-order valence-corrected chi connectivity index (χ4v) is 2.89. The third-order valence-corrected chi connectivity index (χ3v) is 4.01. The summed E-state index contributed by atoms with van der Waals surface area (Å²) >= 11 is 0. The largest absolute Gasteiger partial charge is 0.365 e. The van der Waals surface area contributed by atoms with Crippen LogP contribution in [0.4, 0.5) is 0 Å². The van der Waals surface area contributed by atoms with Gasteiger partial charge in [-0.15, -0.1) is 0 Å². The number of ether oxygens (including phenoxy) is 1. The monoisotopic (exact) mass is 240 g/mol. The normalized spacial score (nSPS) is 30.5. The van der Waals surface area contributed by atoms with E-state index in [1.165, 1.54) is 12.8 Å². The Hall–Kier alpha value is -0.610. The molecular formula is C13H24N2O2. The lowest BCUT2D eigenvalue weighted by Gasteiger charge is -2.32. The van der Waals surface area contributed by atoms with Gasteiger partial charge in [0.25, 0.3) is 5.91 Å². The highest BCUT2D eigenvalue weighted by molar-refractivity contribution is 5.84. The fraction of sp³-hybridized carbons (Fsp3) is 0.923.